The second-order valence-corrected chi connectivity index (χ2v) is 5.11. The van der Waals surface area contributed by atoms with Gasteiger partial charge < -0.3 is 14.7 Å². The topological polar surface area (TPSA) is 66.8 Å². The fourth-order valence-electron chi connectivity index (χ4n) is 2.46. The van der Waals surface area contributed by atoms with E-state index in [0.717, 1.165) is 12.1 Å². The summed E-state index contributed by atoms with van der Waals surface area (Å²) in [6.45, 7) is 0.545. The molecule has 7 heteroatoms. The largest absolute Gasteiger partial charge is 0.491 e. The number of benzene rings is 1. The Balaban J connectivity index is 1.76. The lowest BCUT2D eigenvalue weighted by Gasteiger charge is -2.21. The molecule has 2 rings (SSSR count). The van der Waals surface area contributed by atoms with E-state index in [9.17, 15) is 18.4 Å². The van der Waals surface area contributed by atoms with Crippen molar-refractivity contribution in [2.24, 2.45) is 0 Å². The zero-order valence-corrected chi connectivity index (χ0v) is 11.9. The van der Waals surface area contributed by atoms with Crippen LogP contribution in [0.5, 0.6) is 5.75 Å². The summed E-state index contributed by atoms with van der Waals surface area (Å²) in [5, 5.41) is 9.01. The molecule has 0 radical (unpaired) electrons. The van der Waals surface area contributed by atoms with Gasteiger partial charge in [-0.2, -0.15) is 0 Å². The van der Waals surface area contributed by atoms with Gasteiger partial charge in [-0.3, -0.25) is 4.79 Å². The number of nitrogens with zero attached hydrogens (tertiary/aromatic N) is 1. The van der Waals surface area contributed by atoms with Crippen molar-refractivity contribution in [1.82, 2.24) is 4.90 Å². The Labute approximate surface area is 126 Å². The van der Waals surface area contributed by atoms with Crippen LogP contribution in [0.4, 0.5) is 8.78 Å². The van der Waals surface area contributed by atoms with Crippen LogP contribution in [0.1, 0.15) is 25.7 Å². The highest BCUT2D eigenvalue weighted by atomic mass is 19.1. The molecule has 0 spiro atoms. The first-order chi connectivity index (χ1) is 10.5. The molecule has 1 heterocycles. The van der Waals surface area contributed by atoms with Crippen LogP contribution in [-0.4, -0.2) is 41.1 Å². The Kier molecular flexibility index (Phi) is 5.30. The summed E-state index contributed by atoms with van der Waals surface area (Å²) in [5.74, 6) is -2.78. The van der Waals surface area contributed by atoms with Crippen LogP contribution in [0, 0.1) is 11.6 Å². The van der Waals surface area contributed by atoms with Crippen LogP contribution in [0.15, 0.2) is 18.2 Å². The number of carbonyl (C=O) groups excluding carboxylic acids is 1. The van der Waals surface area contributed by atoms with Gasteiger partial charge in [0.05, 0.1) is 6.61 Å². The Bertz CT molecular complexity index is 564. The lowest BCUT2D eigenvalue weighted by Crippen LogP contribution is -2.40. The third kappa shape index (κ3) is 3.93. The van der Waals surface area contributed by atoms with Crippen molar-refractivity contribution in [2.75, 3.05) is 13.2 Å². The smallest absolute Gasteiger partial charge is 0.326 e. The number of carboxylic acids is 1. The molecule has 1 N–H and O–H groups in total. The van der Waals surface area contributed by atoms with Crippen LogP contribution in [-0.2, 0) is 9.59 Å². The molecule has 5 nitrogen and oxygen atoms in total. The first-order valence-electron chi connectivity index (χ1n) is 7.09. The number of hydrogen-bond donors (Lipinski definition) is 1. The van der Waals surface area contributed by atoms with E-state index in [1.54, 1.807) is 0 Å². The Morgan fingerprint density at radius 3 is 2.82 bits per heavy atom. The van der Waals surface area contributed by atoms with Crippen LogP contribution < -0.4 is 4.74 Å². The van der Waals surface area contributed by atoms with Gasteiger partial charge in [0.15, 0.2) is 11.6 Å². The summed E-state index contributed by atoms with van der Waals surface area (Å²) in [6.07, 6.45) is 1.61. The molecule has 22 heavy (non-hydrogen) atoms. The maximum absolute atomic E-state index is 13.3. The minimum absolute atomic E-state index is 0.0709. The Morgan fingerprint density at radius 1 is 1.36 bits per heavy atom. The van der Waals surface area contributed by atoms with Gasteiger partial charge in [0.2, 0.25) is 5.91 Å². The molecule has 1 aliphatic heterocycles. The molecule has 1 saturated heterocycles. The van der Waals surface area contributed by atoms with Gasteiger partial charge >= 0.3 is 5.97 Å². The average molecular weight is 313 g/mol. The van der Waals surface area contributed by atoms with Crippen LogP contribution in [0.25, 0.3) is 0 Å². The predicted octanol–water partition coefficient (Wildman–Crippen LogP) is 2.20. The first kappa shape index (κ1) is 16.2. The number of likely N-dealkylation sites (tertiary alicyclic amines) is 1. The number of halogens is 2. The Hall–Kier alpha value is -2.18. The van der Waals surface area contributed by atoms with E-state index in [1.165, 1.54) is 11.0 Å². The van der Waals surface area contributed by atoms with Crippen molar-refractivity contribution in [3.05, 3.63) is 29.8 Å². The van der Waals surface area contributed by atoms with E-state index in [4.69, 9.17) is 9.84 Å². The third-order valence-corrected chi connectivity index (χ3v) is 3.54. The van der Waals surface area contributed by atoms with E-state index in [0.29, 0.717) is 25.8 Å². The summed E-state index contributed by atoms with van der Waals surface area (Å²) in [5.41, 5.74) is 0. The zero-order chi connectivity index (χ0) is 16.1. The van der Waals surface area contributed by atoms with Gasteiger partial charge in [-0.05, 0) is 31.4 Å². The number of amides is 1. The number of carbonyl (C=O) groups is 2. The average Bonchev–Trinajstić information content (AvgIpc) is 2.95. The third-order valence-electron chi connectivity index (χ3n) is 3.54. The maximum atomic E-state index is 13.3. The highest BCUT2D eigenvalue weighted by Crippen LogP contribution is 2.20. The van der Waals surface area contributed by atoms with Crippen molar-refractivity contribution in [1.29, 1.82) is 0 Å². The Morgan fingerprint density at radius 2 is 2.14 bits per heavy atom. The maximum Gasteiger partial charge on any atom is 0.326 e. The molecule has 0 saturated carbocycles. The molecular formula is C15H17F2NO4. The summed E-state index contributed by atoms with van der Waals surface area (Å²) in [7, 11) is 0. The fourth-order valence-corrected chi connectivity index (χ4v) is 2.46. The molecular weight excluding hydrogens is 296 g/mol. The summed E-state index contributed by atoms with van der Waals surface area (Å²) in [4.78, 5) is 24.3. The fraction of sp³-hybridized carbons (Fsp3) is 0.467. The van der Waals surface area contributed by atoms with Gasteiger partial charge in [0.1, 0.15) is 11.9 Å². The number of aliphatic carboxylic acids is 1. The van der Waals surface area contributed by atoms with Gasteiger partial charge in [-0.25, -0.2) is 13.6 Å². The van der Waals surface area contributed by atoms with Crippen molar-refractivity contribution < 1.29 is 28.2 Å². The molecule has 0 aliphatic carbocycles. The monoisotopic (exact) mass is 313 g/mol. The summed E-state index contributed by atoms with van der Waals surface area (Å²) >= 11 is 0. The molecule has 1 atom stereocenters. The van der Waals surface area contributed by atoms with E-state index < -0.39 is 23.6 Å². The second-order valence-electron chi connectivity index (χ2n) is 5.11. The molecule has 1 amide bonds. The zero-order valence-electron chi connectivity index (χ0n) is 11.9. The minimum atomic E-state index is -0.990. The molecule has 1 aliphatic rings. The van der Waals surface area contributed by atoms with Crippen LogP contribution >= 0.6 is 0 Å². The van der Waals surface area contributed by atoms with Gasteiger partial charge in [-0.15, -0.1) is 0 Å². The van der Waals surface area contributed by atoms with E-state index in [2.05, 4.69) is 0 Å². The number of carboxylic acid groups (broad SMARTS) is 1. The van der Waals surface area contributed by atoms with Crippen LogP contribution in [0.3, 0.4) is 0 Å². The molecule has 0 bridgehead atoms. The first-order valence-corrected chi connectivity index (χ1v) is 7.09. The predicted molar refractivity (Wildman–Crippen MR) is 73.5 cm³/mol. The summed E-state index contributed by atoms with van der Waals surface area (Å²) in [6, 6.07) is 2.25. The van der Waals surface area contributed by atoms with Crippen LogP contribution in [0.2, 0.25) is 0 Å². The number of hydrogen-bond acceptors (Lipinski definition) is 3. The quantitative estimate of drug-likeness (QED) is 0.818. The normalized spacial score (nSPS) is 17.5. The lowest BCUT2D eigenvalue weighted by molar-refractivity contribution is -0.148. The number of ether oxygens (including phenoxy) is 1. The van der Waals surface area contributed by atoms with Gasteiger partial charge in [0.25, 0.3) is 0 Å². The number of rotatable bonds is 6. The molecule has 120 valence electrons. The van der Waals surface area contributed by atoms with Crippen molar-refractivity contribution in [3.8, 4) is 5.75 Å². The van der Waals surface area contributed by atoms with E-state index >= 15 is 0 Å². The molecule has 1 aromatic carbocycles. The lowest BCUT2D eigenvalue weighted by atomic mass is 10.2. The van der Waals surface area contributed by atoms with Crippen molar-refractivity contribution in [3.63, 3.8) is 0 Å². The molecule has 1 fully saturated rings. The van der Waals surface area contributed by atoms with Crippen molar-refractivity contribution in [2.45, 2.75) is 31.7 Å². The summed E-state index contributed by atoms with van der Waals surface area (Å²) < 4.78 is 31.2. The SMILES string of the molecule is O=C(O)[C@@H]1CCCN1C(=O)CCCOc1ccc(F)cc1F. The molecule has 0 unspecified atom stereocenters. The second kappa shape index (κ2) is 7.20. The van der Waals surface area contributed by atoms with E-state index in [-0.39, 0.29) is 24.7 Å². The molecule has 1 aromatic rings. The highest BCUT2D eigenvalue weighted by molar-refractivity contribution is 5.84. The van der Waals surface area contributed by atoms with Gasteiger partial charge in [-0.1, -0.05) is 0 Å². The van der Waals surface area contributed by atoms with Crippen molar-refractivity contribution >= 4 is 11.9 Å². The molecule has 0 aromatic heterocycles. The minimum Gasteiger partial charge on any atom is -0.491 e. The highest BCUT2D eigenvalue weighted by Gasteiger charge is 2.33. The van der Waals surface area contributed by atoms with Gasteiger partial charge in [0, 0.05) is 19.0 Å². The van der Waals surface area contributed by atoms with E-state index in [1.807, 2.05) is 0 Å². The standard InChI is InChI=1S/C15H17F2NO4/c16-10-5-6-13(11(17)9-10)22-8-2-4-14(19)18-7-1-3-12(18)15(20)21/h5-6,9,12H,1-4,7-8H2,(H,20,21)/t12-/m0/s1.